The summed E-state index contributed by atoms with van der Waals surface area (Å²) in [4.78, 5) is 12.4. The fraction of sp³-hybridized carbons (Fsp3) is 0.438. The molecule has 0 spiro atoms. The second-order valence-corrected chi connectivity index (χ2v) is 6.68. The molecule has 1 aromatic carbocycles. The first kappa shape index (κ1) is 15.1. The molecule has 2 rings (SSSR count). The Morgan fingerprint density at radius 3 is 2.25 bits per heavy atom. The number of nitrogens with one attached hydrogen (secondary N) is 1. The molecule has 0 saturated carbocycles. The van der Waals surface area contributed by atoms with Crippen LogP contribution in [0.2, 0.25) is 0 Å². The van der Waals surface area contributed by atoms with Crippen LogP contribution in [0.5, 0.6) is 0 Å². The molecule has 0 saturated heterocycles. The molecule has 0 fully saturated rings. The van der Waals surface area contributed by atoms with Gasteiger partial charge in [0.05, 0.1) is 11.4 Å². The van der Waals surface area contributed by atoms with Gasteiger partial charge in [0.25, 0.3) is 5.56 Å². The second kappa shape index (κ2) is 5.60. The Kier molecular flexibility index (Phi) is 4.23. The van der Waals surface area contributed by atoms with Crippen molar-refractivity contribution in [1.29, 1.82) is 0 Å². The molecule has 0 aliphatic carbocycles. The number of rotatable bonds is 3. The SMILES string of the molecule is Cc1cc(C)c(-n2[nH]c(CC(C)C)c(Br)c2=O)c(C)c1. The van der Waals surface area contributed by atoms with Crippen molar-refractivity contribution in [2.75, 3.05) is 0 Å². The Morgan fingerprint density at radius 2 is 1.75 bits per heavy atom. The number of hydrogen-bond acceptors (Lipinski definition) is 1. The number of nitrogens with zero attached hydrogens (tertiary/aromatic N) is 1. The average molecular weight is 337 g/mol. The monoisotopic (exact) mass is 336 g/mol. The van der Waals surface area contributed by atoms with Gasteiger partial charge in [0.1, 0.15) is 4.47 Å². The number of aromatic amines is 1. The maximum absolute atomic E-state index is 12.4. The lowest BCUT2D eigenvalue weighted by Gasteiger charge is -2.11. The second-order valence-electron chi connectivity index (χ2n) is 5.89. The molecule has 0 unspecified atom stereocenters. The van der Waals surface area contributed by atoms with Gasteiger partial charge in [0, 0.05) is 0 Å². The van der Waals surface area contributed by atoms with Gasteiger partial charge in [-0.05, 0) is 60.2 Å². The van der Waals surface area contributed by atoms with Crippen molar-refractivity contribution in [3.8, 4) is 5.69 Å². The minimum Gasteiger partial charge on any atom is -0.294 e. The molecule has 3 nitrogen and oxygen atoms in total. The normalized spacial score (nSPS) is 11.3. The number of aromatic nitrogens is 2. The van der Waals surface area contributed by atoms with Gasteiger partial charge >= 0.3 is 0 Å². The Morgan fingerprint density at radius 1 is 1.20 bits per heavy atom. The Balaban J connectivity index is 2.63. The molecule has 0 aliphatic heterocycles. The Hall–Kier alpha value is -1.29. The molecule has 0 radical (unpaired) electrons. The Labute approximate surface area is 128 Å². The zero-order valence-electron chi connectivity index (χ0n) is 12.7. The first-order valence-electron chi connectivity index (χ1n) is 6.89. The van der Waals surface area contributed by atoms with Gasteiger partial charge in [-0.3, -0.25) is 9.89 Å². The van der Waals surface area contributed by atoms with Crippen LogP contribution < -0.4 is 5.56 Å². The fourth-order valence-electron chi connectivity index (χ4n) is 2.69. The molecule has 2 aromatic rings. The van der Waals surface area contributed by atoms with E-state index in [0.29, 0.717) is 10.4 Å². The summed E-state index contributed by atoms with van der Waals surface area (Å²) in [6.45, 7) is 10.4. The highest BCUT2D eigenvalue weighted by atomic mass is 79.9. The van der Waals surface area contributed by atoms with E-state index in [4.69, 9.17) is 0 Å². The minimum absolute atomic E-state index is 0.0179. The van der Waals surface area contributed by atoms with Gasteiger partial charge in [-0.1, -0.05) is 31.5 Å². The largest absolute Gasteiger partial charge is 0.294 e. The third-order valence-corrected chi connectivity index (χ3v) is 4.19. The number of halogens is 1. The standard InChI is InChI=1S/C16H21BrN2O/c1-9(2)6-13-14(17)16(20)19(18-13)15-11(4)7-10(3)8-12(15)5/h7-9,18H,6H2,1-5H3. The maximum atomic E-state index is 12.4. The predicted molar refractivity (Wildman–Crippen MR) is 86.8 cm³/mol. The molecular weight excluding hydrogens is 316 g/mol. The highest BCUT2D eigenvalue weighted by Gasteiger charge is 2.16. The summed E-state index contributed by atoms with van der Waals surface area (Å²) in [7, 11) is 0. The number of hydrogen-bond donors (Lipinski definition) is 1. The van der Waals surface area contributed by atoms with Gasteiger partial charge in [0.2, 0.25) is 0 Å². The van der Waals surface area contributed by atoms with Crippen molar-refractivity contribution in [3.05, 3.63) is 49.3 Å². The highest BCUT2D eigenvalue weighted by molar-refractivity contribution is 9.10. The quantitative estimate of drug-likeness (QED) is 0.901. The highest BCUT2D eigenvalue weighted by Crippen LogP contribution is 2.22. The molecule has 20 heavy (non-hydrogen) atoms. The number of H-pyrrole nitrogens is 1. The summed E-state index contributed by atoms with van der Waals surface area (Å²) in [6, 6.07) is 4.21. The van der Waals surface area contributed by atoms with E-state index < -0.39 is 0 Å². The zero-order chi connectivity index (χ0) is 15.0. The van der Waals surface area contributed by atoms with Gasteiger partial charge in [-0.2, -0.15) is 0 Å². The lowest BCUT2D eigenvalue weighted by Crippen LogP contribution is -2.17. The summed E-state index contributed by atoms with van der Waals surface area (Å²) >= 11 is 3.43. The first-order chi connectivity index (χ1) is 9.31. The van der Waals surface area contributed by atoms with Crippen molar-refractivity contribution in [2.45, 2.75) is 41.0 Å². The summed E-state index contributed by atoms with van der Waals surface area (Å²) in [6.07, 6.45) is 0.854. The predicted octanol–water partition coefficient (Wildman–Crippen LogP) is 4.05. The van der Waals surface area contributed by atoms with E-state index in [1.165, 1.54) is 5.56 Å². The van der Waals surface area contributed by atoms with Crippen molar-refractivity contribution in [2.24, 2.45) is 5.92 Å². The lowest BCUT2D eigenvalue weighted by atomic mass is 10.1. The van der Waals surface area contributed by atoms with E-state index in [0.717, 1.165) is 28.9 Å². The first-order valence-corrected chi connectivity index (χ1v) is 7.68. The van der Waals surface area contributed by atoms with Crippen molar-refractivity contribution in [1.82, 2.24) is 9.78 Å². The summed E-state index contributed by atoms with van der Waals surface area (Å²) in [5, 5.41) is 3.26. The van der Waals surface area contributed by atoms with Gasteiger partial charge in [-0.25, -0.2) is 4.68 Å². The third kappa shape index (κ3) is 2.75. The smallest absolute Gasteiger partial charge is 0.285 e. The number of aryl methyl sites for hydroxylation is 3. The summed E-state index contributed by atoms with van der Waals surface area (Å²) in [5.41, 5.74) is 5.32. The molecule has 1 heterocycles. The van der Waals surface area contributed by atoms with E-state index in [9.17, 15) is 4.79 Å². The van der Waals surface area contributed by atoms with Crippen LogP contribution in [-0.4, -0.2) is 9.78 Å². The van der Waals surface area contributed by atoms with Crippen LogP contribution in [-0.2, 0) is 6.42 Å². The molecule has 0 bridgehead atoms. The zero-order valence-corrected chi connectivity index (χ0v) is 14.3. The Bertz CT molecular complexity index is 672. The minimum atomic E-state index is -0.0179. The number of benzene rings is 1. The molecule has 0 amide bonds. The molecule has 0 aliphatic rings. The van der Waals surface area contributed by atoms with Gasteiger partial charge < -0.3 is 0 Å². The maximum Gasteiger partial charge on any atom is 0.285 e. The van der Waals surface area contributed by atoms with Crippen LogP contribution in [0, 0.1) is 26.7 Å². The van der Waals surface area contributed by atoms with Crippen molar-refractivity contribution >= 4 is 15.9 Å². The van der Waals surface area contributed by atoms with Crippen molar-refractivity contribution in [3.63, 3.8) is 0 Å². The van der Waals surface area contributed by atoms with E-state index >= 15 is 0 Å². The van der Waals surface area contributed by atoms with Crippen LogP contribution in [0.25, 0.3) is 5.69 Å². The molecule has 1 N–H and O–H groups in total. The van der Waals surface area contributed by atoms with Crippen molar-refractivity contribution < 1.29 is 0 Å². The molecule has 0 atom stereocenters. The molecule has 4 heteroatoms. The molecular formula is C16H21BrN2O. The van der Waals surface area contributed by atoms with E-state index in [2.05, 4.69) is 53.9 Å². The van der Waals surface area contributed by atoms with E-state index in [1.807, 2.05) is 13.8 Å². The van der Waals surface area contributed by atoms with Crippen LogP contribution in [0.15, 0.2) is 21.4 Å². The van der Waals surface area contributed by atoms with Gasteiger partial charge in [0.15, 0.2) is 0 Å². The topological polar surface area (TPSA) is 37.8 Å². The van der Waals surface area contributed by atoms with E-state index in [-0.39, 0.29) is 5.56 Å². The molecule has 1 aromatic heterocycles. The van der Waals surface area contributed by atoms with Crippen LogP contribution in [0.3, 0.4) is 0 Å². The van der Waals surface area contributed by atoms with Crippen LogP contribution in [0.4, 0.5) is 0 Å². The summed E-state index contributed by atoms with van der Waals surface area (Å²) < 4.78 is 2.30. The summed E-state index contributed by atoms with van der Waals surface area (Å²) in [5.74, 6) is 0.498. The molecule has 108 valence electrons. The van der Waals surface area contributed by atoms with Gasteiger partial charge in [-0.15, -0.1) is 0 Å². The van der Waals surface area contributed by atoms with Crippen LogP contribution in [0.1, 0.15) is 36.2 Å². The third-order valence-electron chi connectivity index (χ3n) is 3.37. The van der Waals surface area contributed by atoms with Crippen LogP contribution >= 0.6 is 15.9 Å². The fourth-order valence-corrected chi connectivity index (χ4v) is 3.12. The average Bonchev–Trinajstić information content (AvgIpc) is 2.56. The lowest BCUT2D eigenvalue weighted by molar-refractivity contribution is 0.626. The van der Waals surface area contributed by atoms with E-state index in [1.54, 1.807) is 4.68 Å².